The van der Waals surface area contributed by atoms with Crippen molar-refractivity contribution in [3.63, 3.8) is 0 Å². The van der Waals surface area contributed by atoms with Crippen LogP contribution in [-0.2, 0) is 14.3 Å². The van der Waals surface area contributed by atoms with Crippen LogP contribution in [-0.4, -0.2) is 52.7 Å². The molecule has 182 valence electrons. The summed E-state index contributed by atoms with van der Waals surface area (Å²) in [5.74, 6) is -1.09. The fraction of sp³-hybridized carbons (Fsp3) is 0.464. The van der Waals surface area contributed by atoms with Gasteiger partial charge in [0.05, 0.1) is 0 Å². The number of nitrogens with one attached hydrogen (secondary N) is 1. The molecule has 1 aliphatic heterocycles. The van der Waals surface area contributed by atoms with Gasteiger partial charge in [-0.05, 0) is 66.7 Å². The molecular weight excluding hydrogens is 444 g/mol. The molecule has 1 heterocycles. The van der Waals surface area contributed by atoms with E-state index in [0.29, 0.717) is 32.2 Å². The van der Waals surface area contributed by atoms with E-state index in [9.17, 15) is 19.5 Å². The second kappa shape index (κ2) is 8.40. The average Bonchev–Trinajstić information content (AvgIpc) is 3.33. The summed E-state index contributed by atoms with van der Waals surface area (Å²) in [6.45, 7) is 0.772. The van der Waals surface area contributed by atoms with Crippen LogP contribution in [0.1, 0.15) is 55.6 Å². The molecule has 0 radical (unpaired) electrons. The number of alkyl carbamates (subject to hydrolysis) is 1. The molecule has 3 fully saturated rings. The SMILES string of the molecule is O=C(NC1CCC(C(=O)N2CCCC3CC32C(=O)O)C1)OCC1c2ccccc2-c2ccccc21. The lowest BCUT2D eigenvalue weighted by atomic mass is 9.98. The zero-order chi connectivity index (χ0) is 24.2. The number of carboxylic acids is 1. The molecule has 0 aromatic heterocycles. The molecular formula is C28H30N2O5. The number of rotatable bonds is 5. The standard InChI is InChI=1S/C28H30N2O5/c31-25(30-13-5-6-18-15-28(18,30)26(32)33)17-11-12-19(14-17)29-27(34)35-16-24-22-9-3-1-7-20(22)21-8-2-4-10-23(21)24/h1-4,7-10,17-19,24H,5-6,11-16H2,(H,29,34)(H,32,33). The van der Waals surface area contributed by atoms with Crippen molar-refractivity contribution < 1.29 is 24.2 Å². The van der Waals surface area contributed by atoms with Gasteiger partial charge in [0.1, 0.15) is 12.1 Å². The highest BCUT2D eigenvalue weighted by molar-refractivity contribution is 5.91. The first kappa shape index (κ1) is 22.1. The number of fused-ring (bicyclic) bond motifs is 4. The first-order valence-electron chi connectivity index (χ1n) is 12.7. The van der Waals surface area contributed by atoms with Crippen molar-refractivity contribution in [2.24, 2.45) is 11.8 Å². The van der Waals surface area contributed by atoms with Gasteiger partial charge in [-0.25, -0.2) is 9.59 Å². The summed E-state index contributed by atoms with van der Waals surface area (Å²) in [4.78, 5) is 39.4. The summed E-state index contributed by atoms with van der Waals surface area (Å²) in [6, 6.07) is 16.3. The van der Waals surface area contributed by atoms with Gasteiger partial charge in [0.15, 0.2) is 0 Å². The van der Waals surface area contributed by atoms with Crippen molar-refractivity contribution in [1.82, 2.24) is 10.2 Å². The molecule has 2 aromatic rings. The number of nitrogens with zero attached hydrogens (tertiary/aromatic N) is 1. The molecule has 2 N–H and O–H groups in total. The third-order valence-electron chi connectivity index (χ3n) is 8.57. The van der Waals surface area contributed by atoms with Gasteiger partial charge in [0.2, 0.25) is 5.91 Å². The van der Waals surface area contributed by atoms with Crippen LogP contribution in [0.15, 0.2) is 48.5 Å². The lowest BCUT2D eigenvalue weighted by molar-refractivity contribution is -0.156. The van der Waals surface area contributed by atoms with E-state index < -0.39 is 17.6 Å². The summed E-state index contributed by atoms with van der Waals surface area (Å²) in [5.41, 5.74) is 3.72. The van der Waals surface area contributed by atoms with Gasteiger partial charge in [-0.1, -0.05) is 48.5 Å². The van der Waals surface area contributed by atoms with Gasteiger partial charge in [-0.3, -0.25) is 4.79 Å². The highest BCUT2D eigenvalue weighted by atomic mass is 16.5. The summed E-state index contributed by atoms with van der Waals surface area (Å²) >= 11 is 0. The van der Waals surface area contributed by atoms with Crippen LogP contribution in [0.4, 0.5) is 4.79 Å². The molecule has 4 unspecified atom stereocenters. The highest BCUT2D eigenvalue weighted by Gasteiger charge is 2.67. The number of aliphatic carboxylic acids is 1. The Morgan fingerprint density at radius 2 is 1.69 bits per heavy atom. The van der Waals surface area contributed by atoms with Crippen LogP contribution >= 0.6 is 0 Å². The van der Waals surface area contributed by atoms with Crippen molar-refractivity contribution in [3.8, 4) is 11.1 Å². The van der Waals surface area contributed by atoms with E-state index in [1.54, 1.807) is 4.90 Å². The van der Waals surface area contributed by atoms with E-state index in [-0.39, 0.29) is 36.3 Å². The Labute approximate surface area is 204 Å². The van der Waals surface area contributed by atoms with Crippen LogP contribution in [0.5, 0.6) is 0 Å². The number of hydrogen-bond donors (Lipinski definition) is 2. The van der Waals surface area contributed by atoms with E-state index in [0.717, 1.165) is 12.8 Å². The second-order valence-corrected chi connectivity index (χ2v) is 10.4. The quantitative estimate of drug-likeness (QED) is 0.679. The lowest BCUT2D eigenvalue weighted by Gasteiger charge is -2.35. The summed E-state index contributed by atoms with van der Waals surface area (Å²) < 4.78 is 5.66. The van der Waals surface area contributed by atoms with Crippen molar-refractivity contribution in [2.45, 2.75) is 56.0 Å². The predicted octanol–water partition coefficient (Wildman–Crippen LogP) is 4.16. The number of ether oxygens (including phenoxy) is 1. The fourth-order valence-corrected chi connectivity index (χ4v) is 6.73. The largest absolute Gasteiger partial charge is 0.479 e. The van der Waals surface area contributed by atoms with Crippen LogP contribution in [0.2, 0.25) is 0 Å². The Morgan fingerprint density at radius 1 is 1.00 bits per heavy atom. The fourth-order valence-electron chi connectivity index (χ4n) is 6.73. The van der Waals surface area contributed by atoms with E-state index in [4.69, 9.17) is 4.74 Å². The molecule has 6 rings (SSSR count). The minimum Gasteiger partial charge on any atom is -0.479 e. The zero-order valence-electron chi connectivity index (χ0n) is 19.6. The number of amides is 2. The molecule has 3 aliphatic carbocycles. The topological polar surface area (TPSA) is 95.9 Å². The van der Waals surface area contributed by atoms with Gasteiger partial charge < -0.3 is 20.1 Å². The molecule has 0 bridgehead atoms. The summed E-state index contributed by atoms with van der Waals surface area (Å²) in [6.07, 6.45) is 3.73. The Hall–Kier alpha value is -3.35. The number of benzene rings is 2. The maximum Gasteiger partial charge on any atom is 0.407 e. The van der Waals surface area contributed by atoms with E-state index in [1.807, 2.05) is 24.3 Å². The maximum absolute atomic E-state index is 13.2. The molecule has 0 spiro atoms. The van der Waals surface area contributed by atoms with Crippen LogP contribution in [0.3, 0.4) is 0 Å². The maximum atomic E-state index is 13.2. The third-order valence-corrected chi connectivity index (χ3v) is 8.57. The number of carbonyl (C=O) groups is 3. The normalized spacial score (nSPS) is 28.6. The summed E-state index contributed by atoms with van der Waals surface area (Å²) in [5, 5.41) is 12.7. The number of piperidine rings is 1. The van der Waals surface area contributed by atoms with Gasteiger partial charge in [0.25, 0.3) is 0 Å². The molecule has 2 saturated carbocycles. The second-order valence-electron chi connectivity index (χ2n) is 10.4. The lowest BCUT2D eigenvalue weighted by Crippen LogP contribution is -2.53. The molecule has 7 heteroatoms. The van der Waals surface area contributed by atoms with Crippen molar-refractivity contribution >= 4 is 18.0 Å². The molecule has 7 nitrogen and oxygen atoms in total. The molecule has 1 saturated heterocycles. The minimum atomic E-state index is -0.979. The van der Waals surface area contributed by atoms with Crippen LogP contribution in [0, 0.1) is 11.8 Å². The first-order valence-corrected chi connectivity index (χ1v) is 12.7. The van der Waals surface area contributed by atoms with Crippen LogP contribution < -0.4 is 5.32 Å². The van der Waals surface area contributed by atoms with Crippen molar-refractivity contribution in [2.75, 3.05) is 13.2 Å². The Morgan fingerprint density at radius 3 is 2.37 bits per heavy atom. The molecule has 2 aromatic carbocycles. The Bertz CT molecular complexity index is 1150. The van der Waals surface area contributed by atoms with E-state index >= 15 is 0 Å². The zero-order valence-corrected chi connectivity index (χ0v) is 19.6. The molecule has 35 heavy (non-hydrogen) atoms. The number of carbonyl (C=O) groups excluding carboxylic acids is 2. The molecule has 2 amide bonds. The predicted molar refractivity (Wildman–Crippen MR) is 129 cm³/mol. The van der Waals surface area contributed by atoms with Crippen molar-refractivity contribution in [1.29, 1.82) is 0 Å². The highest BCUT2D eigenvalue weighted by Crippen LogP contribution is 2.55. The number of likely N-dealkylation sites (tertiary alicyclic amines) is 1. The first-order chi connectivity index (χ1) is 17.0. The van der Waals surface area contributed by atoms with Gasteiger partial charge >= 0.3 is 12.1 Å². The Kier molecular flexibility index (Phi) is 5.31. The van der Waals surface area contributed by atoms with Gasteiger partial charge in [0, 0.05) is 24.4 Å². The third kappa shape index (κ3) is 3.60. The average molecular weight is 475 g/mol. The minimum absolute atomic E-state index is 0.00357. The molecule has 4 aliphatic rings. The van der Waals surface area contributed by atoms with Gasteiger partial charge in [-0.2, -0.15) is 0 Å². The monoisotopic (exact) mass is 474 g/mol. The number of carboxylic acid groups (broad SMARTS) is 1. The number of hydrogen-bond acceptors (Lipinski definition) is 4. The van der Waals surface area contributed by atoms with E-state index in [2.05, 4.69) is 29.6 Å². The van der Waals surface area contributed by atoms with Crippen LogP contribution in [0.25, 0.3) is 11.1 Å². The van der Waals surface area contributed by atoms with Gasteiger partial charge in [-0.15, -0.1) is 0 Å². The molecule has 4 atom stereocenters. The Balaban J connectivity index is 1.05. The summed E-state index contributed by atoms with van der Waals surface area (Å²) in [7, 11) is 0. The van der Waals surface area contributed by atoms with E-state index in [1.165, 1.54) is 22.3 Å². The smallest absolute Gasteiger partial charge is 0.407 e. The van der Waals surface area contributed by atoms with Crippen molar-refractivity contribution in [3.05, 3.63) is 59.7 Å².